The molecule has 0 aliphatic carbocycles. The molecular weight excluding hydrogens is 425 g/mol. The van der Waals surface area contributed by atoms with Gasteiger partial charge in [0.2, 0.25) is 5.69 Å². The van der Waals surface area contributed by atoms with Gasteiger partial charge in [-0.3, -0.25) is 0 Å². The summed E-state index contributed by atoms with van der Waals surface area (Å²) in [4.78, 5) is 0. The Labute approximate surface area is 149 Å². The lowest BCUT2D eigenvalue weighted by Crippen LogP contribution is -3.00. The SMILES string of the molecule is CCCCCC[N+]1=C(C)C(C)(C)c2cc(Br)ccc21.[I-]. The molecule has 0 spiro atoms. The Hall–Kier alpha value is 0.1000. The van der Waals surface area contributed by atoms with Gasteiger partial charge in [0.05, 0.1) is 5.41 Å². The highest BCUT2D eigenvalue weighted by molar-refractivity contribution is 9.10. The molecule has 0 saturated carbocycles. The first-order valence-corrected chi connectivity index (χ1v) is 8.19. The summed E-state index contributed by atoms with van der Waals surface area (Å²) in [5.41, 5.74) is 4.50. The van der Waals surface area contributed by atoms with E-state index in [0.29, 0.717) is 0 Å². The minimum Gasteiger partial charge on any atom is -1.00 e. The van der Waals surface area contributed by atoms with E-state index < -0.39 is 0 Å². The van der Waals surface area contributed by atoms with E-state index in [1.165, 1.54) is 47.1 Å². The summed E-state index contributed by atoms with van der Waals surface area (Å²) in [5.74, 6) is 0. The summed E-state index contributed by atoms with van der Waals surface area (Å²) in [6.45, 7) is 10.4. The van der Waals surface area contributed by atoms with Gasteiger partial charge < -0.3 is 24.0 Å². The van der Waals surface area contributed by atoms with Gasteiger partial charge in [-0.2, -0.15) is 4.58 Å². The van der Waals surface area contributed by atoms with E-state index in [2.05, 4.69) is 66.4 Å². The van der Waals surface area contributed by atoms with Crippen molar-refractivity contribution in [1.29, 1.82) is 0 Å². The molecule has 0 fully saturated rings. The first-order valence-electron chi connectivity index (χ1n) is 7.40. The van der Waals surface area contributed by atoms with Crippen LogP contribution in [0.25, 0.3) is 0 Å². The maximum Gasteiger partial charge on any atom is 0.209 e. The van der Waals surface area contributed by atoms with Crippen LogP contribution in [0.15, 0.2) is 22.7 Å². The van der Waals surface area contributed by atoms with E-state index in [-0.39, 0.29) is 29.4 Å². The number of nitrogens with zero attached hydrogens (tertiary/aromatic N) is 1. The number of halogens is 2. The maximum atomic E-state index is 3.60. The average Bonchev–Trinajstić information content (AvgIpc) is 2.55. The summed E-state index contributed by atoms with van der Waals surface area (Å²) in [5, 5.41) is 0. The molecule has 0 N–H and O–H groups in total. The fraction of sp³-hybridized carbons (Fsp3) is 0.588. The highest BCUT2D eigenvalue weighted by atomic mass is 127. The molecule has 0 aromatic heterocycles. The molecule has 1 heterocycles. The molecule has 0 bridgehead atoms. The number of hydrogen-bond acceptors (Lipinski definition) is 0. The summed E-state index contributed by atoms with van der Waals surface area (Å²) in [7, 11) is 0. The van der Waals surface area contributed by atoms with Crippen LogP contribution in [0.3, 0.4) is 0 Å². The third kappa shape index (κ3) is 3.46. The molecule has 0 amide bonds. The van der Waals surface area contributed by atoms with E-state index in [9.17, 15) is 0 Å². The highest BCUT2D eigenvalue weighted by Crippen LogP contribution is 2.40. The van der Waals surface area contributed by atoms with Crippen LogP contribution in [0.4, 0.5) is 5.69 Å². The van der Waals surface area contributed by atoms with Crippen molar-refractivity contribution in [2.45, 2.75) is 58.8 Å². The largest absolute Gasteiger partial charge is 1.00 e. The predicted molar refractivity (Wildman–Crippen MR) is 86.8 cm³/mol. The Morgan fingerprint density at radius 2 is 1.85 bits per heavy atom. The monoisotopic (exact) mass is 449 g/mol. The van der Waals surface area contributed by atoms with Crippen molar-refractivity contribution in [2.75, 3.05) is 6.54 Å². The van der Waals surface area contributed by atoms with E-state index in [1.807, 2.05) is 0 Å². The molecule has 1 aromatic carbocycles. The molecule has 0 radical (unpaired) electrons. The smallest absolute Gasteiger partial charge is 0.209 e. The normalized spacial score (nSPS) is 16.1. The third-order valence-electron chi connectivity index (χ3n) is 4.47. The minimum atomic E-state index is 0. The lowest BCUT2D eigenvalue weighted by molar-refractivity contribution is -0.439. The van der Waals surface area contributed by atoms with E-state index in [4.69, 9.17) is 0 Å². The van der Waals surface area contributed by atoms with Crippen LogP contribution in [0, 0.1) is 0 Å². The number of rotatable bonds is 5. The summed E-state index contributed by atoms with van der Waals surface area (Å²) in [6, 6.07) is 6.70. The first kappa shape index (κ1) is 18.1. The Bertz CT molecular complexity index is 506. The van der Waals surface area contributed by atoms with Gasteiger partial charge in [-0.05, 0) is 32.4 Å². The second-order valence-electron chi connectivity index (χ2n) is 6.08. The van der Waals surface area contributed by atoms with Gasteiger partial charge >= 0.3 is 0 Å². The van der Waals surface area contributed by atoms with Crippen LogP contribution in [-0.4, -0.2) is 16.8 Å². The molecule has 1 aromatic rings. The molecule has 1 nitrogen and oxygen atoms in total. The summed E-state index contributed by atoms with van der Waals surface area (Å²) < 4.78 is 3.71. The Kier molecular flexibility index (Phi) is 6.71. The topological polar surface area (TPSA) is 3.01 Å². The average molecular weight is 450 g/mol. The second-order valence-corrected chi connectivity index (χ2v) is 7.00. The van der Waals surface area contributed by atoms with Crippen LogP contribution in [0.2, 0.25) is 0 Å². The van der Waals surface area contributed by atoms with Crippen molar-refractivity contribution >= 4 is 27.3 Å². The van der Waals surface area contributed by atoms with Gasteiger partial charge in [-0.25, -0.2) is 0 Å². The Morgan fingerprint density at radius 3 is 2.50 bits per heavy atom. The lowest BCUT2D eigenvalue weighted by atomic mass is 9.82. The Morgan fingerprint density at radius 1 is 1.15 bits per heavy atom. The molecule has 2 rings (SSSR count). The van der Waals surface area contributed by atoms with Gasteiger partial charge in [-0.1, -0.05) is 35.7 Å². The molecule has 0 unspecified atom stereocenters. The van der Waals surface area contributed by atoms with E-state index in [1.54, 1.807) is 0 Å². The standard InChI is InChI=1S/C17H25BrN.HI/c1-5-6-7-8-11-19-13(2)17(3,4)15-12-14(18)9-10-16(15)19;/h9-10,12H,5-8,11H2,1-4H3;1H/q+1;/p-1. The highest BCUT2D eigenvalue weighted by Gasteiger charge is 2.42. The molecule has 112 valence electrons. The molecule has 0 atom stereocenters. The molecule has 1 aliphatic rings. The first-order chi connectivity index (χ1) is 8.98. The van der Waals surface area contributed by atoms with Crippen molar-refractivity contribution in [2.24, 2.45) is 0 Å². The molecule has 20 heavy (non-hydrogen) atoms. The van der Waals surface area contributed by atoms with Crippen LogP contribution >= 0.6 is 15.9 Å². The fourth-order valence-corrected chi connectivity index (χ4v) is 3.30. The number of hydrogen-bond donors (Lipinski definition) is 0. The van der Waals surface area contributed by atoms with E-state index in [0.717, 1.165) is 6.54 Å². The van der Waals surface area contributed by atoms with E-state index >= 15 is 0 Å². The molecule has 3 heteroatoms. The quantitative estimate of drug-likeness (QED) is 0.369. The predicted octanol–water partition coefficient (Wildman–Crippen LogP) is 2.43. The van der Waals surface area contributed by atoms with Crippen molar-refractivity contribution < 1.29 is 28.6 Å². The van der Waals surface area contributed by atoms with Crippen molar-refractivity contribution in [3.63, 3.8) is 0 Å². The van der Waals surface area contributed by atoms with Crippen molar-refractivity contribution in [1.82, 2.24) is 0 Å². The van der Waals surface area contributed by atoms with Gasteiger partial charge in [0.1, 0.15) is 6.54 Å². The maximum absolute atomic E-state index is 3.60. The number of unbranched alkanes of at least 4 members (excludes halogenated alkanes) is 3. The zero-order chi connectivity index (χ0) is 14.0. The second kappa shape index (κ2) is 7.39. The molecule has 0 saturated heterocycles. The summed E-state index contributed by atoms with van der Waals surface area (Å²) in [6.07, 6.45) is 5.28. The number of benzene rings is 1. The summed E-state index contributed by atoms with van der Waals surface area (Å²) >= 11 is 3.60. The van der Waals surface area contributed by atoms with Crippen molar-refractivity contribution in [3.05, 3.63) is 28.2 Å². The fourth-order valence-electron chi connectivity index (χ4n) is 2.94. The van der Waals surface area contributed by atoms with Crippen LogP contribution < -0.4 is 24.0 Å². The van der Waals surface area contributed by atoms with Crippen molar-refractivity contribution in [3.8, 4) is 0 Å². The minimum absolute atomic E-state index is 0. The van der Waals surface area contributed by atoms with Crippen LogP contribution in [0.1, 0.15) is 58.9 Å². The van der Waals surface area contributed by atoms with Gasteiger partial charge in [0, 0.05) is 29.4 Å². The zero-order valence-electron chi connectivity index (χ0n) is 13.0. The zero-order valence-corrected chi connectivity index (χ0v) is 16.7. The van der Waals surface area contributed by atoms with Gasteiger partial charge in [-0.15, -0.1) is 0 Å². The lowest BCUT2D eigenvalue weighted by Gasteiger charge is -2.14. The molecule has 1 aliphatic heterocycles. The van der Waals surface area contributed by atoms with Crippen LogP contribution in [-0.2, 0) is 5.41 Å². The molecular formula is C17H25BrIN. The number of fused-ring (bicyclic) bond motifs is 1. The van der Waals surface area contributed by atoms with Gasteiger partial charge in [0.25, 0.3) is 0 Å². The Balaban J connectivity index is 0.00000200. The third-order valence-corrected chi connectivity index (χ3v) is 4.96. The van der Waals surface area contributed by atoms with Crippen LogP contribution in [0.5, 0.6) is 0 Å². The van der Waals surface area contributed by atoms with Gasteiger partial charge in [0.15, 0.2) is 5.71 Å².